The van der Waals surface area contributed by atoms with Crippen LogP contribution in [0.15, 0.2) is 28.7 Å². The Hall–Kier alpha value is -0.870. The van der Waals surface area contributed by atoms with Crippen molar-refractivity contribution in [3.05, 3.63) is 34.3 Å². The summed E-state index contributed by atoms with van der Waals surface area (Å²) in [6, 6.07) is 7.47. The van der Waals surface area contributed by atoms with Gasteiger partial charge >= 0.3 is 5.97 Å². The van der Waals surface area contributed by atoms with Gasteiger partial charge in [-0.1, -0.05) is 28.1 Å². The summed E-state index contributed by atoms with van der Waals surface area (Å²) in [5.41, 5.74) is 0.893. The Bertz CT molecular complexity index is 338. The molecule has 4 heteroatoms. The zero-order valence-electron chi connectivity index (χ0n) is 8.44. The zero-order valence-corrected chi connectivity index (χ0v) is 10.0. The molecule has 0 saturated carbocycles. The monoisotopic (exact) mass is 272 g/mol. The highest BCUT2D eigenvalue weighted by molar-refractivity contribution is 9.10. The van der Waals surface area contributed by atoms with E-state index in [1.165, 1.54) is 0 Å². The summed E-state index contributed by atoms with van der Waals surface area (Å²) in [6.45, 7) is 2.00. The number of carbonyl (C=O) groups is 1. The van der Waals surface area contributed by atoms with Crippen molar-refractivity contribution in [2.75, 3.05) is 6.61 Å². The van der Waals surface area contributed by atoms with Crippen molar-refractivity contribution in [3.63, 3.8) is 0 Å². The van der Waals surface area contributed by atoms with Gasteiger partial charge in [0.05, 0.1) is 6.61 Å². The Balaban J connectivity index is 2.58. The number of aliphatic hydroxyl groups is 1. The number of esters is 1. The summed E-state index contributed by atoms with van der Waals surface area (Å²) < 4.78 is 5.63. The molecule has 0 spiro atoms. The molecule has 0 aliphatic carbocycles. The van der Waals surface area contributed by atoms with Crippen LogP contribution >= 0.6 is 15.9 Å². The Morgan fingerprint density at radius 1 is 1.60 bits per heavy atom. The third kappa shape index (κ3) is 4.01. The molecule has 15 heavy (non-hydrogen) atoms. The van der Waals surface area contributed by atoms with Gasteiger partial charge in [-0.2, -0.15) is 0 Å². The van der Waals surface area contributed by atoms with Crippen molar-refractivity contribution in [1.82, 2.24) is 0 Å². The minimum Gasteiger partial charge on any atom is -0.464 e. The van der Waals surface area contributed by atoms with Crippen molar-refractivity contribution in [2.45, 2.75) is 19.4 Å². The van der Waals surface area contributed by atoms with E-state index in [0.29, 0.717) is 0 Å². The standard InChI is InChI=1S/C11H13BrO3/c1-2-15-11(14)10(13)7-8-4-3-5-9(12)6-8/h3-6,10,13H,2,7H2,1H3. The van der Waals surface area contributed by atoms with Gasteiger partial charge in [0.1, 0.15) is 0 Å². The first kappa shape index (κ1) is 12.2. The molecule has 0 fully saturated rings. The molecule has 82 valence electrons. The summed E-state index contributed by atoms with van der Waals surface area (Å²) in [7, 11) is 0. The molecule has 0 bridgehead atoms. The maximum Gasteiger partial charge on any atom is 0.335 e. The van der Waals surface area contributed by atoms with Crippen molar-refractivity contribution >= 4 is 21.9 Å². The van der Waals surface area contributed by atoms with Crippen molar-refractivity contribution in [2.24, 2.45) is 0 Å². The van der Waals surface area contributed by atoms with Crippen LogP contribution in [-0.2, 0) is 16.0 Å². The van der Waals surface area contributed by atoms with E-state index in [-0.39, 0.29) is 13.0 Å². The lowest BCUT2D eigenvalue weighted by atomic mass is 10.1. The van der Waals surface area contributed by atoms with Gasteiger partial charge in [-0.3, -0.25) is 0 Å². The first-order valence-electron chi connectivity index (χ1n) is 4.72. The van der Waals surface area contributed by atoms with Crippen LogP contribution in [0.5, 0.6) is 0 Å². The average Bonchev–Trinajstić information content (AvgIpc) is 2.18. The molecule has 1 unspecified atom stereocenters. The van der Waals surface area contributed by atoms with Gasteiger partial charge in [0, 0.05) is 10.9 Å². The number of halogens is 1. The minimum absolute atomic E-state index is 0.276. The summed E-state index contributed by atoms with van der Waals surface area (Å²) >= 11 is 3.32. The van der Waals surface area contributed by atoms with Crippen LogP contribution < -0.4 is 0 Å². The molecule has 0 radical (unpaired) electrons. The summed E-state index contributed by atoms with van der Waals surface area (Å²) in [5, 5.41) is 9.50. The number of rotatable bonds is 4. The predicted molar refractivity (Wildman–Crippen MR) is 60.5 cm³/mol. The van der Waals surface area contributed by atoms with E-state index >= 15 is 0 Å². The van der Waals surface area contributed by atoms with E-state index in [9.17, 15) is 9.90 Å². The van der Waals surface area contributed by atoms with Crippen LogP contribution in [0, 0.1) is 0 Å². The van der Waals surface area contributed by atoms with E-state index in [0.717, 1.165) is 10.0 Å². The van der Waals surface area contributed by atoms with E-state index in [4.69, 9.17) is 4.74 Å². The molecule has 1 aromatic rings. The Labute approximate surface area is 97.2 Å². The highest BCUT2D eigenvalue weighted by Crippen LogP contribution is 2.13. The molecule has 0 aromatic heterocycles. The van der Waals surface area contributed by atoms with Crippen LogP contribution in [0.3, 0.4) is 0 Å². The maximum atomic E-state index is 11.1. The average molecular weight is 273 g/mol. The van der Waals surface area contributed by atoms with Gasteiger partial charge in [-0.25, -0.2) is 4.79 Å². The summed E-state index contributed by atoms with van der Waals surface area (Å²) in [5.74, 6) is -0.572. The second kappa shape index (κ2) is 5.88. The molecule has 0 aliphatic heterocycles. The van der Waals surface area contributed by atoms with Crippen LogP contribution in [0.1, 0.15) is 12.5 Å². The Morgan fingerprint density at radius 3 is 2.93 bits per heavy atom. The number of carbonyl (C=O) groups excluding carboxylic acids is 1. The third-order valence-electron chi connectivity index (χ3n) is 1.88. The van der Waals surface area contributed by atoms with Crippen molar-refractivity contribution < 1.29 is 14.6 Å². The first-order valence-corrected chi connectivity index (χ1v) is 5.52. The topological polar surface area (TPSA) is 46.5 Å². The number of aliphatic hydroxyl groups excluding tert-OH is 1. The van der Waals surface area contributed by atoms with Crippen LogP contribution in [0.4, 0.5) is 0 Å². The smallest absolute Gasteiger partial charge is 0.335 e. The van der Waals surface area contributed by atoms with Crippen molar-refractivity contribution in [3.8, 4) is 0 Å². The number of ether oxygens (including phenoxy) is 1. The largest absolute Gasteiger partial charge is 0.464 e. The van der Waals surface area contributed by atoms with Gasteiger partial charge in [0.15, 0.2) is 6.10 Å². The summed E-state index contributed by atoms with van der Waals surface area (Å²) in [4.78, 5) is 11.1. The molecule has 1 rings (SSSR count). The first-order chi connectivity index (χ1) is 7.13. The van der Waals surface area contributed by atoms with E-state index < -0.39 is 12.1 Å². The fourth-order valence-electron chi connectivity index (χ4n) is 1.21. The number of hydrogen-bond donors (Lipinski definition) is 1. The molecular formula is C11H13BrO3. The second-order valence-electron chi connectivity index (χ2n) is 3.10. The second-order valence-corrected chi connectivity index (χ2v) is 4.02. The van der Waals surface area contributed by atoms with E-state index in [1.54, 1.807) is 6.92 Å². The van der Waals surface area contributed by atoms with E-state index in [1.807, 2.05) is 24.3 Å². The molecule has 0 amide bonds. The highest BCUT2D eigenvalue weighted by Gasteiger charge is 2.16. The fourth-order valence-corrected chi connectivity index (χ4v) is 1.66. The molecular weight excluding hydrogens is 260 g/mol. The van der Waals surface area contributed by atoms with E-state index in [2.05, 4.69) is 15.9 Å². The molecule has 1 atom stereocenters. The molecule has 0 saturated heterocycles. The van der Waals surface area contributed by atoms with Gasteiger partial charge in [0.2, 0.25) is 0 Å². The van der Waals surface area contributed by atoms with Gasteiger partial charge in [-0.05, 0) is 24.6 Å². The maximum absolute atomic E-state index is 11.1. The zero-order chi connectivity index (χ0) is 11.3. The lowest BCUT2D eigenvalue weighted by molar-refractivity contribution is -0.152. The third-order valence-corrected chi connectivity index (χ3v) is 2.37. The highest BCUT2D eigenvalue weighted by atomic mass is 79.9. The molecule has 1 N–H and O–H groups in total. The Kier molecular flexibility index (Phi) is 4.78. The summed E-state index contributed by atoms with van der Waals surface area (Å²) in [6.07, 6.45) is -0.808. The Morgan fingerprint density at radius 2 is 2.33 bits per heavy atom. The molecule has 1 aromatic carbocycles. The quantitative estimate of drug-likeness (QED) is 0.852. The SMILES string of the molecule is CCOC(=O)C(O)Cc1cccc(Br)c1. The number of benzene rings is 1. The lowest BCUT2D eigenvalue weighted by Crippen LogP contribution is -2.25. The molecule has 0 heterocycles. The molecule has 3 nitrogen and oxygen atoms in total. The predicted octanol–water partition coefficient (Wildman–Crippen LogP) is 1.92. The van der Waals surface area contributed by atoms with Gasteiger partial charge in [-0.15, -0.1) is 0 Å². The fraction of sp³-hybridized carbons (Fsp3) is 0.364. The van der Waals surface area contributed by atoms with Gasteiger partial charge < -0.3 is 9.84 Å². The minimum atomic E-state index is -1.08. The van der Waals surface area contributed by atoms with Crippen LogP contribution in [0.2, 0.25) is 0 Å². The van der Waals surface area contributed by atoms with Crippen molar-refractivity contribution in [1.29, 1.82) is 0 Å². The van der Waals surface area contributed by atoms with Gasteiger partial charge in [0.25, 0.3) is 0 Å². The normalized spacial score (nSPS) is 12.2. The van der Waals surface area contributed by atoms with Crippen LogP contribution in [-0.4, -0.2) is 23.8 Å². The lowest BCUT2D eigenvalue weighted by Gasteiger charge is -2.09. The van der Waals surface area contributed by atoms with Crippen LogP contribution in [0.25, 0.3) is 0 Å². The molecule has 0 aliphatic rings. The number of hydrogen-bond acceptors (Lipinski definition) is 3.